The minimum absolute atomic E-state index is 0.235. The minimum Gasteiger partial charge on any atom is -0.410 e. The van der Waals surface area contributed by atoms with Crippen LogP contribution >= 0.6 is 0 Å². The molecule has 1 saturated heterocycles. The number of benzene rings is 1. The van der Waals surface area contributed by atoms with Crippen molar-refractivity contribution in [2.45, 2.75) is 18.9 Å². The van der Waals surface area contributed by atoms with Crippen molar-refractivity contribution in [3.05, 3.63) is 30.3 Å². The number of piperidine rings is 1. The molecule has 6 heteroatoms. The van der Waals surface area contributed by atoms with Crippen LogP contribution in [-0.4, -0.2) is 35.9 Å². The Hall–Kier alpha value is -2.37. The number of nitrogens with zero attached hydrogens (tertiary/aromatic N) is 1. The highest BCUT2D eigenvalue weighted by atomic mass is 16.6. The monoisotopic (exact) mass is 262 g/mol. The first-order chi connectivity index (χ1) is 9.08. The van der Waals surface area contributed by atoms with Crippen LogP contribution in [0.5, 0.6) is 5.75 Å². The largest absolute Gasteiger partial charge is 0.413 e. The number of hydrogen-bond acceptors (Lipinski definition) is 4. The van der Waals surface area contributed by atoms with Crippen LogP contribution in [0, 0.1) is 0 Å². The normalized spacial score (nSPS) is 19.2. The number of amides is 3. The lowest BCUT2D eigenvalue weighted by Gasteiger charge is -2.27. The van der Waals surface area contributed by atoms with Crippen LogP contribution in [0.1, 0.15) is 12.8 Å². The number of nitrogens with one attached hydrogen (secondary N) is 1. The molecule has 3 amide bonds. The standard InChI is InChI=1S/C13H14N2O4/c1-15-11(16)8-7-10(12(15)17)14-13(18)19-9-5-3-2-4-6-9/h2-6,10H,7-8H2,1H3,(H,14,18). The van der Waals surface area contributed by atoms with E-state index in [2.05, 4.69) is 5.32 Å². The summed E-state index contributed by atoms with van der Waals surface area (Å²) in [7, 11) is 1.40. The average Bonchev–Trinajstić information content (AvgIpc) is 2.41. The molecule has 0 spiro atoms. The number of carbonyl (C=O) groups is 3. The van der Waals surface area contributed by atoms with Gasteiger partial charge in [0.2, 0.25) is 5.91 Å². The van der Waals surface area contributed by atoms with Gasteiger partial charge in [-0.25, -0.2) is 4.79 Å². The summed E-state index contributed by atoms with van der Waals surface area (Å²) in [6, 6.07) is 7.84. The van der Waals surface area contributed by atoms with Gasteiger partial charge in [-0.2, -0.15) is 0 Å². The summed E-state index contributed by atoms with van der Waals surface area (Å²) in [5.74, 6) is -0.256. The van der Waals surface area contributed by atoms with Crippen molar-refractivity contribution in [3.8, 4) is 5.75 Å². The van der Waals surface area contributed by atoms with Crippen LogP contribution in [-0.2, 0) is 9.59 Å². The molecule has 1 heterocycles. The molecule has 1 aromatic carbocycles. The second kappa shape index (κ2) is 5.51. The van der Waals surface area contributed by atoms with Crippen molar-refractivity contribution < 1.29 is 19.1 Å². The van der Waals surface area contributed by atoms with Gasteiger partial charge >= 0.3 is 6.09 Å². The van der Waals surface area contributed by atoms with Crippen molar-refractivity contribution in [1.29, 1.82) is 0 Å². The van der Waals surface area contributed by atoms with Gasteiger partial charge in [-0.15, -0.1) is 0 Å². The molecule has 1 fully saturated rings. The lowest BCUT2D eigenvalue weighted by atomic mass is 10.1. The SMILES string of the molecule is CN1C(=O)CCC(NC(=O)Oc2ccccc2)C1=O. The number of rotatable bonds is 2. The Labute approximate surface area is 110 Å². The zero-order chi connectivity index (χ0) is 13.8. The van der Waals surface area contributed by atoms with E-state index in [1.54, 1.807) is 30.3 Å². The number of ether oxygens (including phenoxy) is 1. The number of hydrogen-bond donors (Lipinski definition) is 1. The second-order valence-corrected chi connectivity index (χ2v) is 4.23. The third-order valence-corrected chi connectivity index (χ3v) is 2.90. The maximum absolute atomic E-state index is 11.8. The van der Waals surface area contributed by atoms with Gasteiger partial charge < -0.3 is 10.1 Å². The molecule has 1 unspecified atom stereocenters. The molecule has 1 aliphatic rings. The third kappa shape index (κ3) is 3.09. The molecule has 6 nitrogen and oxygen atoms in total. The first-order valence-corrected chi connectivity index (χ1v) is 5.91. The number of likely N-dealkylation sites (tertiary alicyclic amines) is 1. The first-order valence-electron chi connectivity index (χ1n) is 5.91. The minimum atomic E-state index is -0.709. The van der Waals surface area contributed by atoms with Crippen LogP contribution in [0.3, 0.4) is 0 Å². The average molecular weight is 262 g/mol. The molecule has 100 valence electrons. The fourth-order valence-corrected chi connectivity index (χ4v) is 1.82. The van der Waals surface area contributed by atoms with E-state index >= 15 is 0 Å². The molecule has 0 aliphatic carbocycles. The Kier molecular flexibility index (Phi) is 3.79. The second-order valence-electron chi connectivity index (χ2n) is 4.23. The Morgan fingerprint density at radius 3 is 2.68 bits per heavy atom. The zero-order valence-electron chi connectivity index (χ0n) is 10.5. The molecule has 2 rings (SSSR count). The molecule has 0 aromatic heterocycles. The summed E-state index contributed by atoms with van der Waals surface area (Å²) in [6.45, 7) is 0. The Balaban J connectivity index is 1.92. The topological polar surface area (TPSA) is 75.7 Å². The summed E-state index contributed by atoms with van der Waals surface area (Å²) in [5.41, 5.74) is 0. The fraction of sp³-hybridized carbons (Fsp3) is 0.308. The van der Waals surface area contributed by atoms with Crippen molar-refractivity contribution in [2.75, 3.05) is 7.05 Å². The van der Waals surface area contributed by atoms with E-state index in [1.165, 1.54) is 7.05 Å². The number of likely N-dealkylation sites (N-methyl/N-ethyl adjacent to an activating group) is 1. The van der Waals surface area contributed by atoms with Gasteiger partial charge in [0, 0.05) is 13.5 Å². The predicted octanol–water partition coefficient (Wildman–Crippen LogP) is 0.922. The van der Waals surface area contributed by atoms with Gasteiger partial charge in [0.05, 0.1) is 0 Å². The highest BCUT2D eigenvalue weighted by Gasteiger charge is 2.33. The Morgan fingerprint density at radius 1 is 1.32 bits per heavy atom. The molecular formula is C13H14N2O4. The van der Waals surface area contributed by atoms with Gasteiger partial charge in [-0.05, 0) is 18.6 Å². The smallest absolute Gasteiger partial charge is 0.410 e. The summed E-state index contributed by atoms with van der Waals surface area (Å²) in [4.78, 5) is 35.7. The Morgan fingerprint density at radius 2 is 2.00 bits per heavy atom. The van der Waals surface area contributed by atoms with E-state index in [4.69, 9.17) is 4.74 Å². The lowest BCUT2D eigenvalue weighted by molar-refractivity contribution is -0.147. The zero-order valence-corrected chi connectivity index (χ0v) is 10.5. The third-order valence-electron chi connectivity index (χ3n) is 2.90. The molecule has 0 saturated carbocycles. The number of para-hydroxylation sites is 1. The first kappa shape index (κ1) is 13.1. The van der Waals surface area contributed by atoms with E-state index < -0.39 is 18.0 Å². The number of imide groups is 1. The molecule has 0 radical (unpaired) electrons. The van der Waals surface area contributed by atoms with E-state index in [-0.39, 0.29) is 12.3 Å². The van der Waals surface area contributed by atoms with Crippen LogP contribution in [0.2, 0.25) is 0 Å². The maximum atomic E-state index is 11.8. The molecular weight excluding hydrogens is 248 g/mol. The van der Waals surface area contributed by atoms with Crippen molar-refractivity contribution in [2.24, 2.45) is 0 Å². The fourth-order valence-electron chi connectivity index (χ4n) is 1.82. The van der Waals surface area contributed by atoms with Gasteiger partial charge in [-0.3, -0.25) is 14.5 Å². The highest BCUT2D eigenvalue weighted by molar-refractivity contribution is 6.01. The number of carbonyl (C=O) groups excluding carboxylic acids is 3. The molecule has 1 aliphatic heterocycles. The summed E-state index contributed by atoms with van der Waals surface area (Å²) < 4.78 is 5.02. The molecule has 0 bridgehead atoms. The summed E-state index contributed by atoms with van der Waals surface area (Å²) in [6.07, 6.45) is -0.169. The van der Waals surface area contributed by atoms with Crippen LogP contribution < -0.4 is 10.1 Å². The lowest BCUT2D eigenvalue weighted by Crippen LogP contribution is -2.53. The molecule has 1 atom stereocenters. The quantitative estimate of drug-likeness (QED) is 0.804. The highest BCUT2D eigenvalue weighted by Crippen LogP contribution is 2.13. The van der Waals surface area contributed by atoms with Gasteiger partial charge in [0.1, 0.15) is 11.8 Å². The van der Waals surface area contributed by atoms with Crippen molar-refractivity contribution in [3.63, 3.8) is 0 Å². The van der Waals surface area contributed by atoms with Crippen molar-refractivity contribution in [1.82, 2.24) is 10.2 Å². The van der Waals surface area contributed by atoms with Gasteiger partial charge in [0.15, 0.2) is 0 Å². The van der Waals surface area contributed by atoms with Crippen LogP contribution in [0.15, 0.2) is 30.3 Å². The molecule has 19 heavy (non-hydrogen) atoms. The van der Waals surface area contributed by atoms with Crippen molar-refractivity contribution >= 4 is 17.9 Å². The van der Waals surface area contributed by atoms with E-state index in [0.717, 1.165) is 4.90 Å². The Bertz CT molecular complexity index is 501. The summed E-state index contributed by atoms with van der Waals surface area (Å²) in [5, 5.41) is 2.46. The van der Waals surface area contributed by atoms with Gasteiger partial charge in [0.25, 0.3) is 5.91 Å². The molecule has 1 aromatic rings. The van der Waals surface area contributed by atoms with E-state index in [1.807, 2.05) is 0 Å². The van der Waals surface area contributed by atoms with Gasteiger partial charge in [-0.1, -0.05) is 18.2 Å². The van der Waals surface area contributed by atoms with Crippen LogP contribution in [0.25, 0.3) is 0 Å². The molecule has 1 N–H and O–H groups in total. The summed E-state index contributed by atoms with van der Waals surface area (Å²) >= 11 is 0. The van der Waals surface area contributed by atoms with E-state index in [9.17, 15) is 14.4 Å². The van der Waals surface area contributed by atoms with Crippen LogP contribution in [0.4, 0.5) is 4.79 Å². The maximum Gasteiger partial charge on any atom is 0.413 e. The van der Waals surface area contributed by atoms with E-state index in [0.29, 0.717) is 12.2 Å². The predicted molar refractivity (Wildman–Crippen MR) is 66.4 cm³/mol.